The van der Waals surface area contributed by atoms with E-state index in [1.54, 1.807) is 13.2 Å². The van der Waals surface area contributed by atoms with Crippen molar-refractivity contribution < 1.29 is 14.3 Å². The van der Waals surface area contributed by atoms with Crippen molar-refractivity contribution in [2.24, 2.45) is 17.8 Å². The number of carbonyl (C=O) groups is 1. The van der Waals surface area contributed by atoms with E-state index in [1.807, 2.05) is 37.3 Å². The normalized spacial score (nSPS) is 14.8. The molecule has 0 unspecified atom stereocenters. The largest absolute Gasteiger partial charge is 0.497 e. The van der Waals surface area contributed by atoms with Crippen LogP contribution in [0.15, 0.2) is 49.6 Å². The molecule has 0 heterocycles. The van der Waals surface area contributed by atoms with E-state index < -0.39 is 0 Å². The van der Waals surface area contributed by atoms with Crippen LogP contribution < -0.4 is 10.1 Å². The molecule has 1 amide bonds. The third-order valence-electron chi connectivity index (χ3n) is 6.08. The Hall–Kier alpha value is -2.07. The molecule has 31 heavy (non-hydrogen) atoms. The van der Waals surface area contributed by atoms with Crippen LogP contribution in [0.25, 0.3) is 0 Å². The molecule has 0 aromatic heterocycles. The van der Waals surface area contributed by atoms with Crippen LogP contribution in [0.3, 0.4) is 0 Å². The number of hydrogen-bond donors (Lipinski definition) is 1. The zero-order chi connectivity index (χ0) is 23.1. The lowest BCUT2D eigenvalue weighted by molar-refractivity contribution is -0.128. The van der Waals surface area contributed by atoms with E-state index in [4.69, 9.17) is 9.47 Å². The van der Waals surface area contributed by atoms with E-state index in [0.29, 0.717) is 19.1 Å². The van der Waals surface area contributed by atoms with Crippen molar-refractivity contribution in [2.75, 3.05) is 13.7 Å². The first-order valence-electron chi connectivity index (χ1n) is 11.7. The molecule has 0 saturated heterocycles. The minimum Gasteiger partial charge on any atom is -0.497 e. The van der Waals surface area contributed by atoms with Gasteiger partial charge in [-0.3, -0.25) is 4.79 Å². The van der Waals surface area contributed by atoms with E-state index >= 15 is 0 Å². The molecule has 0 saturated carbocycles. The molecule has 4 heteroatoms. The molecule has 1 aromatic rings. The summed E-state index contributed by atoms with van der Waals surface area (Å²) >= 11 is 0. The highest BCUT2D eigenvalue weighted by Gasteiger charge is 2.22. The van der Waals surface area contributed by atoms with Crippen molar-refractivity contribution in [1.82, 2.24) is 5.32 Å². The topological polar surface area (TPSA) is 47.6 Å². The van der Waals surface area contributed by atoms with Gasteiger partial charge in [-0.25, -0.2) is 0 Å². The highest BCUT2D eigenvalue weighted by Crippen LogP contribution is 2.20. The van der Waals surface area contributed by atoms with Crippen LogP contribution in [0.4, 0.5) is 0 Å². The number of rotatable bonds is 17. The van der Waals surface area contributed by atoms with Crippen LogP contribution in [-0.4, -0.2) is 25.7 Å². The van der Waals surface area contributed by atoms with Crippen molar-refractivity contribution in [1.29, 1.82) is 0 Å². The average Bonchev–Trinajstić information content (AvgIpc) is 2.80. The van der Waals surface area contributed by atoms with E-state index in [2.05, 4.69) is 32.3 Å². The summed E-state index contributed by atoms with van der Waals surface area (Å²) in [7, 11) is 1.65. The summed E-state index contributed by atoms with van der Waals surface area (Å²) < 4.78 is 11.1. The Morgan fingerprint density at radius 2 is 1.74 bits per heavy atom. The second-order valence-electron chi connectivity index (χ2n) is 8.50. The van der Waals surface area contributed by atoms with Crippen molar-refractivity contribution in [3.05, 3.63) is 55.1 Å². The van der Waals surface area contributed by atoms with E-state index in [0.717, 1.165) is 30.1 Å². The zero-order valence-electron chi connectivity index (χ0n) is 20.1. The monoisotopic (exact) mass is 429 g/mol. The Morgan fingerprint density at radius 3 is 2.32 bits per heavy atom. The fraction of sp³-hybridized carbons (Fsp3) is 0.593. The smallest absolute Gasteiger partial charge is 0.225 e. The van der Waals surface area contributed by atoms with Crippen molar-refractivity contribution in [3.8, 4) is 5.75 Å². The molecule has 0 aliphatic carbocycles. The lowest BCUT2D eigenvalue weighted by atomic mass is 9.92. The minimum absolute atomic E-state index is 0.0208. The number of methoxy groups -OCH3 is 1. The fourth-order valence-corrected chi connectivity index (χ4v) is 3.64. The summed E-state index contributed by atoms with van der Waals surface area (Å²) in [5.74, 6) is 1.89. The number of allylic oxidation sites excluding steroid dienone is 1. The number of benzene rings is 1. The molecular weight excluding hydrogens is 386 g/mol. The van der Waals surface area contributed by atoms with Crippen LogP contribution >= 0.6 is 0 Å². The van der Waals surface area contributed by atoms with Crippen molar-refractivity contribution >= 4 is 5.91 Å². The van der Waals surface area contributed by atoms with Gasteiger partial charge in [0.05, 0.1) is 25.7 Å². The van der Waals surface area contributed by atoms with Crippen molar-refractivity contribution in [2.45, 2.75) is 72.0 Å². The number of amides is 1. The van der Waals surface area contributed by atoms with Gasteiger partial charge in [-0.15, -0.1) is 13.2 Å². The predicted octanol–water partition coefficient (Wildman–Crippen LogP) is 6.32. The fourth-order valence-electron chi connectivity index (χ4n) is 3.64. The molecule has 1 N–H and O–H groups in total. The zero-order valence-corrected chi connectivity index (χ0v) is 20.1. The molecular formula is C27H43NO3. The minimum atomic E-state index is -0.322. The first-order chi connectivity index (χ1) is 14.9. The molecule has 0 aliphatic heterocycles. The van der Waals surface area contributed by atoms with Gasteiger partial charge in [-0.1, -0.05) is 64.3 Å². The highest BCUT2D eigenvalue weighted by atomic mass is 16.5. The standard InChI is InChI=1S/C27H43NO3/c1-7-21(4)12-10-13-23(8-2)14-11-19-28-27(29)22(5)26(9-3)31-20-24-15-17-25(30-6)18-16-24/h7,9,15-18,21-23,26H,1,3,8,10-14,19-20H2,2,4-6H3,(H,28,29)/t21-,22+,23-,26-/m0/s1. The van der Waals surface area contributed by atoms with Crippen molar-refractivity contribution in [3.63, 3.8) is 0 Å². The van der Waals surface area contributed by atoms with Gasteiger partial charge in [0, 0.05) is 6.54 Å². The summed E-state index contributed by atoms with van der Waals surface area (Å²) in [6.45, 7) is 15.2. The molecule has 4 nitrogen and oxygen atoms in total. The Morgan fingerprint density at radius 1 is 1.06 bits per heavy atom. The summed E-state index contributed by atoms with van der Waals surface area (Å²) in [4.78, 5) is 12.6. The third-order valence-corrected chi connectivity index (χ3v) is 6.08. The number of ether oxygens (including phenoxy) is 2. The molecule has 1 rings (SSSR count). The quantitative estimate of drug-likeness (QED) is 0.233. The van der Waals surface area contributed by atoms with Gasteiger partial charge in [0.15, 0.2) is 0 Å². The molecule has 0 bridgehead atoms. The van der Waals surface area contributed by atoms with E-state index in [1.165, 1.54) is 25.7 Å². The van der Waals surface area contributed by atoms with Crippen LogP contribution in [0.2, 0.25) is 0 Å². The lowest BCUT2D eigenvalue weighted by Gasteiger charge is -2.21. The van der Waals surface area contributed by atoms with Crippen LogP contribution in [0.5, 0.6) is 5.75 Å². The van der Waals surface area contributed by atoms with E-state index in [-0.39, 0.29) is 17.9 Å². The second kappa shape index (κ2) is 15.7. The highest BCUT2D eigenvalue weighted by molar-refractivity contribution is 5.79. The van der Waals surface area contributed by atoms with Gasteiger partial charge in [-0.05, 0) is 48.8 Å². The Kier molecular flexibility index (Phi) is 13.6. The number of nitrogens with one attached hydrogen (secondary N) is 1. The molecule has 174 valence electrons. The molecule has 0 fully saturated rings. The summed E-state index contributed by atoms with van der Waals surface area (Å²) in [6.07, 6.45) is 10.5. The summed E-state index contributed by atoms with van der Waals surface area (Å²) in [5, 5.41) is 3.08. The average molecular weight is 430 g/mol. The maximum atomic E-state index is 12.6. The SMILES string of the molecule is C=C[C@H](OCc1ccc(OC)cc1)[C@@H](C)C(=O)NCCC[C@@H](CC)CCC[C@@H](C)C=C. The van der Waals surface area contributed by atoms with Crippen LogP contribution in [0.1, 0.15) is 64.9 Å². The molecule has 0 aliphatic rings. The van der Waals surface area contributed by atoms with Gasteiger partial charge in [0.1, 0.15) is 5.75 Å². The number of carbonyl (C=O) groups excluding carboxylic acids is 1. The maximum Gasteiger partial charge on any atom is 0.225 e. The molecule has 4 atom stereocenters. The van der Waals surface area contributed by atoms with Gasteiger partial charge in [0.25, 0.3) is 0 Å². The first kappa shape index (κ1) is 27.0. The summed E-state index contributed by atoms with van der Waals surface area (Å²) in [5.41, 5.74) is 1.04. The first-order valence-corrected chi connectivity index (χ1v) is 11.7. The van der Waals surface area contributed by atoms with Crippen LogP contribution in [-0.2, 0) is 16.1 Å². The second-order valence-corrected chi connectivity index (χ2v) is 8.50. The molecule has 0 radical (unpaired) electrons. The third kappa shape index (κ3) is 10.7. The predicted molar refractivity (Wildman–Crippen MR) is 130 cm³/mol. The Bertz CT molecular complexity index is 640. The molecule has 0 spiro atoms. The number of hydrogen-bond acceptors (Lipinski definition) is 3. The van der Waals surface area contributed by atoms with Crippen LogP contribution in [0, 0.1) is 17.8 Å². The van der Waals surface area contributed by atoms with Gasteiger partial charge in [-0.2, -0.15) is 0 Å². The van der Waals surface area contributed by atoms with E-state index in [9.17, 15) is 4.79 Å². The summed E-state index contributed by atoms with van der Waals surface area (Å²) in [6, 6.07) is 7.74. The Balaban J connectivity index is 2.33. The molecule has 1 aromatic carbocycles. The maximum absolute atomic E-state index is 12.6. The van der Waals surface area contributed by atoms with Gasteiger partial charge < -0.3 is 14.8 Å². The van der Waals surface area contributed by atoms with Gasteiger partial charge >= 0.3 is 0 Å². The van der Waals surface area contributed by atoms with Gasteiger partial charge in [0.2, 0.25) is 5.91 Å². The Labute approximate surface area is 190 Å². The lowest BCUT2D eigenvalue weighted by Crippen LogP contribution is -2.36.